The Hall–Kier alpha value is -1.97. The molecule has 31 heavy (non-hydrogen) atoms. The Morgan fingerprint density at radius 1 is 1.16 bits per heavy atom. The van der Waals surface area contributed by atoms with E-state index in [0.29, 0.717) is 22.8 Å². The molecule has 0 amide bonds. The van der Waals surface area contributed by atoms with Gasteiger partial charge >= 0.3 is 6.97 Å². The lowest BCUT2D eigenvalue weighted by Gasteiger charge is -2.34. The monoisotopic (exact) mass is 517 g/mol. The van der Waals surface area contributed by atoms with Gasteiger partial charge in [0.05, 0.1) is 13.6 Å². The van der Waals surface area contributed by atoms with Crippen LogP contribution in [0.1, 0.15) is 36.4 Å². The summed E-state index contributed by atoms with van der Waals surface area (Å²) in [6, 6.07) is 9.69. The maximum absolute atomic E-state index is 15.8. The zero-order chi connectivity index (χ0) is 22.1. The Kier molecular flexibility index (Phi) is 4.91. The highest BCUT2D eigenvalue weighted by Crippen LogP contribution is 2.49. The van der Waals surface area contributed by atoms with Crippen molar-refractivity contribution in [3.63, 3.8) is 0 Å². The molecule has 9 heteroatoms. The molecule has 0 saturated heterocycles. The Labute approximate surface area is 196 Å². The minimum absolute atomic E-state index is 0.569. The van der Waals surface area contributed by atoms with Gasteiger partial charge in [0.25, 0.3) is 0 Å². The molecular weight excluding hydrogens is 499 g/mol. The van der Waals surface area contributed by atoms with Crippen LogP contribution in [0.15, 0.2) is 66.9 Å². The maximum atomic E-state index is 15.8. The second-order valence-electron chi connectivity index (χ2n) is 7.86. The van der Waals surface area contributed by atoms with Gasteiger partial charge in [-0.05, 0) is 72.2 Å². The normalized spacial score (nSPS) is 17.2. The Balaban J connectivity index is 1.83. The van der Waals surface area contributed by atoms with E-state index in [1.165, 1.54) is 8.96 Å². The van der Waals surface area contributed by atoms with Crippen molar-refractivity contribution in [1.29, 1.82) is 0 Å². The van der Waals surface area contributed by atoms with Crippen molar-refractivity contribution in [2.24, 2.45) is 0 Å². The molecule has 2 aliphatic rings. The van der Waals surface area contributed by atoms with Crippen LogP contribution in [-0.2, 0) is 0 Å². The number of thiophene rings is 1. The fraction of sp³-hybridized carbons (Fsp3) is 0.182. The summed E-state index contributed by atoms with van der Waals surface area (Å²) < 4.78 is 36.1. The number of nitrogens with zero attached hydrogens (tertiary/aromatic N) is 3. The van der Waals surface area contributed by atoms with Gasteiger partial charge in [0, 0.05) is 36.0 Å². The van der Waals surface area contributed by atoms with Crippen LogP contribution in [0.2, 0.25) is 0 Å². The van der Waals surface area contributed by atoms with Crippen molar-refractivity contribution < 1.29 is 13.1 Å². The van der Waals surface area contributed by atoms with Gasteiger partial charge in [-0.2, -0.15) is 0 Å². The van der Waals surface area contributed by atoms with Crippen LogP contribution in [0.5, 0.6) is 0 Å². The van der Waals surface area contributed by atoms with E-state index in [1.807, 2.05) is 50.3 Å². The summed E-state index contributed by atoms with van der Waals surface area (Å²) in [6.07, 6.45) is 3.62. The predicted molar refractivity (Wildman–Crippen MR) is 128 cm³/mol. The van der Waals surface area contributed by atoms with Crippen molar-refractivity contribution in [1.82, 2.24) is 9.46 Å². The first kappa shape index (κ1) is 20.9. The summed E-state index contributed by atoms with van der Waals surface area (Å²) in [6.45, 7) is 3.37. The molecule has 5 rings (SSSR count). The van der Waals surface area contributed by atoms with E-state index in [0.717, 1.165) is 35.3 Å². The minimum Gasteiger partial charge on any atom is -0.393 e. The standard InChI is InChI=1S/C22H19BBrF2N3S2/c1-12-9-14(3)28-20(12)19(21-13(2)10-15(4)29(21)23(28,25)26)16-11-17(24)30-22(16)31-18-7-5-6-8-27-18/h5-11H,1-4H3. The van der Waals surface area contributed by atoms with Gasteiger partial charge in [-0.1, -0.05) is 17.8 Å². The predicted octanol–water partition coefficient (Wildman–Crippen LogP) is 6.90. The van der Waals surface area contributed by atoms with E-state index in [-0.39, 0.29) is 0 Å². The average Bonchev–Trinajstić information content (AvgIpc) is 3.31. The molecule has 0 bridgehead atoms. The molecule has 158 valence electrons. The van der Waals surface area contributed by atoms with Gasteiger partial charge in [-0.3, -0.25) is 0 Å². The Morgan fingerprint density at radius 3 is 2.65 bits per heavy atom. The number of pyridine rings is 1. The van der Waals surface area contributed by atoms with Gasteiger partial charge in [0.1, 0.15) is 10.7 Å². The second-order valence-corrected chi connectivity index (χ2v) is 11.6. The average molecular weight is 518 g/mol. The zero-order valence-electron chi connectivity index (χ0n) is 17.4. The molecule has 0 radical (unpaired) electrons. The highest BCUT2D eigenvalue weighted by molar-refractivity contribution is 9.11. The summed E-state index contributed by atoms with van der Waals surface area (Å²) in [7, 11) is 0. The highest BCUT2D eigenvalue weighted by Gasteiger charge is 2.55. The van der Waals surface area contributed by atoms with Gasteiger partial charge in [-0.25, -0.2) is 4.98 Å². The van der Waals surface area contributed by atoms with Crippen molar-refractivity contribution >= 4 is 57.3 Å². The van der Waals surface area contributed by atoms with Gasteiger partial charge < -0.3 is 17.6 Å². The van der Waals surface area contributed by atoms with E-state index in [4.69, 9.17) is 0 Å². The Morgan fingerprint density at radius 2 is 1.94 bits per heavy atom. The third-order valence-corrected chi connectivity index (χ3v) is 8.50. The van der Waals surface area contributed by atoms with Crippen molar-refractivity contribution in [2.45, 2.75) is 36.9 Å². The van der Waals surface area contributed by atoms with Gasteiger partial charge in [-0.15, -0.1) is 11.3 Å². The molecule has 3 aromatic heterocycles. The molecule has 0 fully saturated rings. The third kappa shape index (κ3) is 3.12. The van der Waals surface area contributed by atoms with Crippen LogP contribution >= 0.6 is 39.0 Å². The van der Waals surface area contributed by atoms with Crippen LogP contribution in [0.4, 0.5) is 8.63 Å². The lowest BCUT2D eigenvalue weighted by Crippen LogP contribution is -2.51. The van der Waals surface area contributed by atoms with E-state index >= 15 is 8.63 Å². The Bertz CT molecular complexity index is 1340. The molecule has 0 saturated carbocycles. The van der Waals surface area contributed by atoms with E-state index in [2.05, 4.69) is 20.9 Å². The number of rotatable bonds is 3. The maximum Gasteiger partial charge on any atom is 0.737 e. The largest absolute Gasteiger partial charge is 0.737 e. The first-order valence-electron chi connectivity index (χ1n) is 9.86. The van der Waals surface area contributed by atoms with Crippen LogP contribution in [-0.4, -0.2) is 26.6 Å². The molecule has 0 unspecified atom stereocenters. The van der Waals surface area contributed by atoms with Crippen molar-refractivity contribution in [3.05, 3.63) is 80.2 Å². The van der Waals surface area contributed by atoms with E-state index in [1.54, 1.807) is 43.1 Å². The van der Waals surface area contributed by atoms with Crippen LogP contribution in [0.25, 0.3) is 5.57 Å². The highest BCUT2D eigenvalue weighted by atomic mass is 79.9. The molecule has 5 heterocycles. The first-order valence-corrected chi connectivity index (χ1v) is 12.3. The van der Waals surface area contributed by atoms with E-state index in [9.17, 15) is 0 Å². The summed E-state index contributed by atoms with van der Waals surface area (Å²) in [4.78, 5) is 4.44. The quantitative estimate of drug-likeness (QED) is 0.352. The molecule has 0 aromatic carbocycles. The summed E-state index contributed by atoms with van der Waals surface area (Å²) in [5.41, 5.74) is 5.85. The van der Waals surface area contributed by atoms with Crippen LogP contribution in [0, 0.1) is 13.8 Å². The van der Waals surface area contributed by atoms with Crippen LogP contribution in [0.3, 0.4) is 0 Å². The number of aryl methyl sites for hydroxylation is 2. The van der Waals surface area contributed by atoms with E-state index < -0.39 is 6.97 Å². The number of fused-ring (bicyclic) bond motifs is 2. The molecule has 0 N–H and O–H groups in total. The molecule has 2 aliphatic heterocycles. The minimum atomic E-state index is -3.97. The fourth-order valence-corrected chi connectivity index (χ4v) is 7.73. The third-order valence-electron chi connectivity index (χ3n) is 5.71. The molecule has 3 nitrogen and oxygen atoms in total. The summed E-state index contributed by atoms with van der Waals surface area (Å²) >= 11 is 6.78. The van der Waals surface area contributed by atoms with Crippen LogP contribution < -0.4 is 0 Å². The molecule has 0 spiro atoms. The number of halogens is 3. The lowest BCUT2D eigenvalue weighted by atomic mass is 9.84. The first-order chi connectivity index (χ1) is 14.7. The number of hydrogen-bond donors (Lipinski definition) is 0. The topological polar surface area (TPSA) is 20.8 Å². The molecular formula is C22H19BBrF2N3S2. The smallest absolute Gasteiger partial charge is 0.393 e. The van der Waals surface area contributed by atoms with Crippen molar-refractivity contribution in [3.8, 4) is 0 Å². The zero-order valence-corrected chi connectivity index (χ0v) is 20.6. The number of hydrogen-bond acceptors (Lipinski definition) is 3. The lowest BCUT2D eigenvalue weighted by molar-refractivity contribution is -0.363. The molecule has 0 atom stereocenters. The number of aromatic nitrogens is 2. The van der Waals surface area contributed by atoms with Gasteiger partial charge in [0.2, 0.25) is 0 Å². The number of allylic oxidation sites excluding steroid dienone is 2. The summed E-state index contributed by atoms with van der Waals surface area (Å²) in [5.74, 6) is 0. The SMILES string of the molecule is CC1=CC(C)=[N+]2C1=C(c1cc(Br)sc1Sc1ccccn1)c1c(C)cc(C)n1[B-]2(F)F. The summed E-state index contributed by atoms with van der Waals surface area (Å²) in [5, 5.41) is 0.871. The molecule has 3 aromatic rings. The second kappa shape index (κ2) is 7.28. The fourth-order valence-electron chi connectivity index (χ4n) is 4.65. The molecule has 0 aliphatic carbocycles. The van der Waals surface area contributed by atoms with Gasteiger partial charge in [0.15, 0.2) is 5.70 Å². The van der Waals surface area contributed by atoms with Crippen molar-refractivity contribution in [2.75, 3.05) is 0 Å².